The van der Waals surface area contributed by atoms with Crippen LogP contribution >= 0.6 is 0 Å². The largest absolute Gasteiger partial charge is 0.447 e. The lowest BCUT2D eigenvalue weighted by molar-refractivity contribution is -0.132. The molecule has 1 N–H and O–H groups in total. The molecule has 2 rings (SSSR count). The Morgan fingerprint density at radius 1 is 1.67 bits per heavy atom. The van der Waals surface area contributed by atoms with Gasteiger partial charge >= 0.3 is 6.09 Å². The molecule has 0 saturated carbocycles. The monoisotopic (exact) mass is 171 g/mol. The van der Waals surface area contributed by atoms with Crippen LogP contribution in [-0.2, 0) is 9.47 Å². The molecular weight excluding hydrogens is 158 g/mol. The van der Waals surface area contributed by atoms with E-state index in [0.717, 1.165) is 19.6 Å². The van der Waals surface area contributed by atoms with Crippen LogP contribution in [0.15, 0.2) is 0 Å². The molecule has 0 radical (unpaired) electrons. The molecule has 2 saturated heterocycles. The van der Waals surface area contributed by atoms with Crippen molar-refractivity contribution in [1.29, 1.82) is 0 Å². The third-order valence-electron chi connectivity index (χ3n) is 2.90. The zero-order valence-corrected chi connectivity index (χ0v) is 7.13. The van der Waals surface area contributed by atoms with E-state index in [0.29, 0.717) is 6.61 Å². The average Bonchev–Trinajstić information content (AvgIpc) is 2.35. The fourth-order valence-electron chi connectivity index (χ4n) is 1.73. The van der Waals surface area contributed by atoms with Crippen molar-refractivity contribution in [3.63, 3.8) is 0 Å². The summed E-state index contributed by atoms with van der Waals surface area (Å²) in [5.74, 6) is 0. The van der Waals surface area contributed by atoms with E-state index in [-0.39, 0.29) is 17.6 Å². The van der Waals surface area contributed by atoms with Gasteiger partial charge < -0.3 is 14.8 Å². The fourth-order valence-corrected chi connectivity index (χ4v) is 1.73. The molecule has 2 fully saturated rings. The molecule has 2 aliphatic rings. The number of hydrogen-bond acceptors (Lipinski definition) is 3. The lowest BCUT2D eigenvalue weighted by atomic mass is 9.76. The van der Waals surface area contributed by atoms with Crippen molar-refractivity contribution in [3.05, 3.63) is 0 Å². The number of ether oxygens (including phenoxy) is 2. The molecule has 4 heteroatoms. The molecule has 2 aliphatic heterocycles. The number of carbonyl (C=O) groups excluding carboxylic acids is 1. The van der Waals surface area contributed by atoms with E-state index >= 15 is 0 Å². The first-order chi connectivity index (χ1) is 5.77. The molecule has 0 spiro atoms. The number of carbonyl (C=O) groups is 1. The summed E-state index contributed by atoms with van der Waals surface area (Å²) in [5, 5.41) is 2.81. The number of alkyl carbamates (subject to hydrolysis) is 1. The zero-order valence-electron chi connectivity index (χ0n) is 7.13. The van der Waals surface area contributed by atoms with Gasteiger partial charge in [-0.2, -0.15) is 0 Å². The Labute approximate surface area is 71.2 Å². The average molecular weight is 171 g/mol. The van der Waals surface area contributed by atoms with Crippen LogP contribution in [-0.4, -0.2) is 32.0 Å². The van der Waals surface area contributed by atoms with Crippen LogP contribution in [0.4, 0.5) is 4.79 Å². The van der Waals surface area contributed by atoms with E-state index in [1.165, 1.54) is 0 Å². The summed E-state index contributed by atoms with van der Waals surface area (Å²) in [6.07, 6.45) is 0.737. The predicted molar refractivity (Wildman–Crippen MR) is 41.8 cm³/mol. The summed E-state index contributed by atoms with van der Waals surface area (Å²) in [6, 6.07) is 0.156. The van der Waals surface area contributed by atoms with E-state index in [1.807, 2.05) is 0 Å². The van der Waals surface area contributed by atoms with E-state index in [4.69, 9.17) is 9.47 Å². The highest BCUT2D eigenvalue weighted by Gasteiger charge is 2.47. The van der Waals surface area contributed by atoms with Gasteiger partial charge in [-0.1, -0.05) is 6.92 Å². The standard InChI is InChI=1S/C8H13NO3/c1-2-8(4-11-5-8)6-3-12-7(10)9-6/h6H,2-5H2,1H3,(H,9,10). The molecule has 1 amide bonds. The minimum atomic E-state index is -0.292. The van der Waals surface area contributed by atoms with Gasteiger partial charge in [0.1, 0.15) is 6.61 Å². The summed E-state index contributed by atoms with van der Waals surface area (Å²) < 4.78 is 10.0. The normalized spacial score (nSPS) is 32.1. The van der Waals surface area contributed by atoms with Gasteiger partial charge in [-0.05, 0) is 6.42 Å². The molecule has 4 nitrogen and oxygen atoms in total. The lowest BCUT2D eigenvalue weighted by Gasteiger charge is -2.44. The van der Waals surface area contributed by atoms with Crippen molar-refractivity contribution in [1.82, 2.24) is 5.32 Å². The molecule has 68 valence electrons. The Kier molecular flexibility index (Phi) is 1.72. The number of cyclic esters (lactones) is 1. The highest BCUT2D eigenvalue weighted by atomic mass is 16.6. The Hall–Kier alpha value is -0.770. The lowest BCUT2D eigenvalue weighted by Crippen LogP contribution is -2.56. The Bertz CT molecular complexity index is 195. The maximum Gasteiger partial charge on any atom is 0.407 e. The van der Waals surface area contributed by atoms with E-state index in [9.17, 15) is 4.79 Å². The molecule has 1 atom stereocenters. The molecule has 12 heavy (non-hydrogen) atoms. The molecule has 2 heterocycles. The van der Waals surface area contributed by atoms with Gasteiger partial charge in [0.25, 0.3) is 0 Å². The zero-order chi connectivity index (χ0) is 8.60. The van der Waals surface area contributed by atoms with Crippen LogP contribution in [0.5, 0.6) is 0 Å². The van der Waals surface area contributed by atoms with Gasteiger partial charge in [0.15, 0.2) is 0 Å². The number of nitrogens with one attached hydrogen (secondary N) is 1. The van der Waals surface area contributed by atoms with Crippen LogP contribution in [0.25, 0.3) is 0 Å². The first-order valence-electron chi connectivity index (χ1n) is 4.28. The Balaban J connectivity index is 2.02. The maximum atomic E-state index is 10.8. The van der Waals surface area contributed by atoms with Crippen LogP contribution in [0.1, 0.15) is 13.3 Å². The highest BCUT2D eigenvalue weighted by molar-refractivity contribution is 5.69. The van der Waals surface area contributed by atoms with Crippen LogP contribution < -0.4 is 5.32 Å². The molecule has 0 aromatic rings. The van der Waals surface area contributed by atoms with Gasteiger partial charge in [0.2, 0.25) is 0 Å². The van der Waals surface area contributed by atoms with Crippen molar-refractivity contribution in [2.75, 3.05) is 19.8 Å². The first kappa shape index (κ1) is 7.86. The summed E-state index contributed by atoms with van der Waals surface area (Å²) in [6.45, 7) is 4.11. The number of rotatable bonds is 2. The minimum Gasteiger partial charge on any atom is -0.447 e. The number of hydrogen-bond donors (Lipinski definition) is 1. The Morgan fingerprint density at radius 2 is 2.42 bits per heavy atom. The van der Waals surface area contributed by atoms with Crippen LogP contribution in [0.3, 0.4) is 0 Å². The second-order valence-electron chi connectivity index (χ2n) is 3.50. The molecule has 1 unspecified atom stereocenters. The van der Waals surface area contributed by atoms with Crippen molar-refractivity contribution in [3.8, 4) is 0 Å². The summed E-state index contributed by atoms with van der Waals surface area (Å²) in [4.78, 5) is 10.8. The maximum absolute atomic E-state index is 10.8. The van der Waals surface area contributed by atoms with E-state index in [2.05, 4.69) is 12.2 Å². The van der Waals surface area contributed by atoms with E-state index < -0.39 is 0 Å². The van der Waals surface area contributed by atoms with Crippen molar-refractivity contribution in [2.24, 2.45) is 5.41 Å². The number of amides is 1. The smallest absolute Gasteiger partial charge is 0.407 e. The second kappa shape index (κ2) is 2.62. The first-order valence-corrected chi connectivity index (χ1v) is 4.28. The van der Waals surface area contributed by atoms with E-state index in [1.54, 1.807) is 0 Å². The Morgan fingerprint density at radius 3 is 2.75 bits per heavy atom. The SMILES string of the molecule is CCC1(C2COC(=O)N2)COC1. The van der Waals surface area contributed by atoms with Gasteiger partial charge in [-0.15, -0.1) is 0 Å². The van der Waals surface area contributed by atoms with Gasteiger partial charge in [-0.25, -0.2) is 4.79 Å². The van der Waals surface area contributed by atoms with Gasteiger partial charge in [0, 0.05) is 5.41 Å². The molecular formula is C8H13NO3. The topological polar surface area (TPSA) is 47.6 Å². The molecule has 0 bridgehead atoms. The summed E-state index contributed by atoms with van der Waals surface area (Å²) in [5.41, 5.74) is 0.145. The third-order valence-corrected chi connectivity index (χ3v) is 2.90. The second-order valence-corrected chi connectivity index (χ2v) is 3.50. The van der Waals surface area contributed by atoms with Crippen molar-refractivity contribution in [2.45, 2.75) is 19.4 Å². The highest BCUT2D eigenvalue weighted by Crippen LogP contribution is 2.36. The quantitative estimate of drug-likeness (QED) is 0.659. The van der Waals surface area contributed by atoms with Gasteiger partial charge in [-0.3, -0.25) is 0 Å². The third kappa shape index (κ3) is 0.982. The molecule has 0 aromatic heterocycles. The molecule has 0 aromatic carbocycles. The molecule has 0 aliphatic carbocycles. The van der Waals surface area contributed by atoms with Crippen LogP contribution in [0.2, 0.25) is 0 Å². The summed E-state index contributed by atoms with van der Waals surface area (Å²) >= 11 is 0. The van der Waals surface area contributed by atoms with Crippen molar-refractivity contribution < 1.29 is 14.3 Å². The minimum absolute atomic E-state index is 0.145. The van der Waals surface area contributed by atoms with Crippen molar-refractivity contribution >= 4 is 6.09 Å². The summed E-state index contributed by atoms with van der Waals surface area (Å²) in [7, 11) is 0. The van der Waals surface area contributed by atoms with Crippen LogP contribution in [0, 0.1) is 5.41 Å². The predicted octanol–water partition coefficient (Wildman–Crippen LogP) is 0.521. The fraction of sp³-hybridized carbons (Fsp3) is 0.875. The van der Waals surface area contributed by atoms with Gasteiger partial charge in [0.05, 0.1) is 19.3 Å².